The Kier molecular flexibility index (Phi) is 6.53. The molecule has 0 aliphatic carbocycles. The van der Waals surface area contributed by atoms with Crippen molar-refractivity contribution in [1.29, 1.82) is 5.26 Å². The smallest absolute Gasteiger partial charge is 0.303 e. The highest BCUT2D eigenvalue weighted by atomic mass is 32.2. The fourth-order valence-corrected chi connectivity index (χ4v) is 2.80. The molecular weight excluding hydrogens is 230 g/mol. The molecule has 1 unspecified atom stereocenters. The van der Waals surface area contributed by atoms with Gasteiger partial charge in [0.25, 0.3) is 0 Å². The van der Waals surface area contributed by atoms with E-state index >= 15 is 0 Å². The molecule has 0 spiro atoms. The van der Waals surface area contributed by atoms with E-state index in [1.165, 1.54) is 11.8 Å². The summed E-state index contributed by atoms with van der Waals surface area (Å²) in [6.07, 6.45) is 2.08. The van der Waals surface area contributed by atoms with Crippen LogP contribution in [-0.2, 0) is 4.79 Å². The molecule has 0 amide bonds. The summed E-state index contributed by atoms with van der Waals surface area (Å²) in [6, 6.07) is 2.14. The number of nitrogens with zero attached hydrogens (tertiary/aromatic N) is 1. The van der Waals surface area contributed by atoms with Crippen LogP contribution in [0.5, 0.6) is 0 Å². The van der Waals surface area contributed by atoms with Gasteiger partial charge in [-0.05, 0) is 19.8 Å². The molecule has 0 fully saturated rings. The molecular formula is C10H15NO2S2. The van der Waals surface area contributed by atoms with Crippen molar-refractivity contribution in [1.82, 2.24) is 0 Å². The number of aliphatic carboxylic acids is 1. The van der Waals surface area contributed by atoms with E-state index in [0.717, 1.165) is 17.0 Å². The lowest BCUT2D eigenvalue weighted by molar-refractivity contribution is -0.137. The highest BCUT2D eigenvalue weighted by Crippen LogP contribution is 2.31. The Bertz CT molecular complexity index is 286. The zero-order chi connectivity index (χ0) is 11.9. The quantitative estimate of drug-likeness (QED) is 0.729. The van der Waals surface area contributed by atoms with Crippen molar-refractivity contribution in [3.63, 3.8) is 0 Å². The first kappa shape index (κ1) is 14.4. The molecule has 3 nitrogen and oxygen atoms in total. The van der Waals surface area contributed by atoms with E-state index in [4.69, 9.17) is 22.6 Å². The summed E-state index contributed by atoms with van der Waals surface area (Å²) >= 11 is 6.43. The van der Waals surface area contributed by atoms with E-state index < -0.39 is 10.7 Å². The van der Waals surface area contributed by atoms with Crippen molar-refractivity contribution in [2.45, 2.75) is 44.3 Å². The number of hydrogen-bond acceptors (Lipinski definition) is 4. The van der Waals surface area contributed by atoms with E-state index in [2.05, 4.69) is 6.07 Å². The lowest BCUT2D eigenvalue weighted by Crippen LogP contribution is -2.20. The fourth-order valence-electron chi connectivity index (χ4n) is 0.982. The average Bonchev–Trinajstić information content (AvgIpc) is 2.15. The van der Waals surface area contributed by atoms with Gasteiger partial charge >= 0.3 is 5.97 Å². The maximum Gasteiger partial charge on any atom is 0.303 e. The standard InChI is InChI=1S/C10H15NO2S2/c1-3-4-9(14)15-10(2,7-11)6-5-8(12)13/h3-6H2,1-2H3,(H,12,13). The molecule has 0 aliphatic heterocycles. The van der Waals surface area contributed by atoms with Crippen molar-refractivity contribution < 1.29 is 9.90 Å². The Morgan fingerprint density at radius 1 is 1.60 bits per heavy atom. The highest BCUT2D eigenvalue weighted by molar-refractivity contribution is 8.24. The average molecular weight is 245 g/mol. The predicted octanol–water partition coefficient (Wildman–Crippen LogP) is 2.99. The van der Waals surface area contributed by atoms with Gasteiger partial charge < -0.3 is 5.11 Å². The first-order valence-electron chi connectivity index (χ1n) is 4.78. The fraction of sp³-hybridized carbons (Fsp3) is 0.700. The van der Waals surface area contributed by atoms with Crippen LogP contribution in [0.3, 0.4) is 0 Å². The SMILES string of the molecule is CCCC(=S)SC(C)(C#N)CCC(=O)O. The summed E-state index contributed by atoms with van der Waals surface area (Å²) in [7, 11) is 0. The minimum Gasteiger partial charge on any atom is -0.481 e. The van der Waals surface area contributed by atoms with Crippen molar-refractivity contribution in [2.75, 3.05) is 0 Å². The van der Waals surface area contributed by atoms with Gasteiger partial charge in [-0.25, -0.2) is 0 Å². The largest absolute Gasteiger partial charge is 0.481 e. The third-order valence-corrected chi connectivity index (χ3v) is 3.48. The molecule has 5 heteroatoms. The molecule has 1 atom stereocenters. The van der Waals surface area contributed by atoms with Gasteiger partial charge in [-0.15, -0.1) is 0 Å². The number of carboxylic acid groups (broad SMARTS) is 1. The van der Waals surface area contributed by atoms with Gasteiger partial charge in [-0.1, -0.05) is 37.3 Å². The minimum atomic E-state index is -0.876. The van der Waals surface area contributed by atoms with Gasteiger partial charge in [0.05, 0.1) is 6.07 Å². The highest BCUT2D eigenvalue weighted by Gasteiger charge is 2.27. The Hall–Kier alpha value is -0.600. The second kappa shape index (κ2) is 6.81. The zero-order valence-electron chi connectivity index (χ0n) is 8.95. The summed E-state index contributed by atoms with van der Waals surface area (Å²) in [5, 5.41) is 17.6. The normalized spacial score (nSPS) is 13.9. The van der Waals surface area contributed by atoms with Crippen LogP contribution in [0.25, 0.3) is 0 Å². The lowest BCUT2D eigenvalue weighted by Gasteiger charge is -2.19. The number of thiocarbonyl (C=S) groups is 1. The van der Waals surface area contributed by atoms with Gasteiger partial charge in [0.1, 0.15) is 4.75 Å². The number of carbonyl (C=O) groups is 1. The summed E-state index contributed by atoms with van der Waals surface area (Å²) in [5.41, 5.74) is 0. The first-order valence-corrected chi connectivity index (χ1v) is 6.01. The number of carboxylic acids is 1. The predicted molar refractivity (Wildman–Crippen MR) is 66.0 cm³/mol. The Labute approximate surface area is 99.9 Å². The van der Waals surface area contributed by atoms with Gasteiger partial charge in [0.15, 0.2) is 0 Å². The molecule has 0 aromatic carbocycles. The van der Waals surface area contributed by atoms with Crippen LogP contribution in [0.4, 0.5) is 0 Å². The van der Waals surface area contributed by atoms with Gasteiger partial charge in [0.2, 0.25) is 0 Å². The van der Waals surface area contributed by atoms with Crippen LogP contribution in [0, 0.1) is 11.3 Å². The van der Waals surface area contributed by atoms with Crippen LogP contribution in [0.15, 0.2) is 0 Å². The molecule has 0 aromatic heterocycles. The molecule has 84 valence electrons. The molecule has 0 saturated heterocycles. The van der Waals surface area contributed by atoms with Crippen LogP contribution in [0.1, 0.15) is 39.5 Å². The van der Waals surface area contributed by atoms with Gasteiger partial charge in [-0.2, -0.15) is 5.26 Å². The van der Waals surface area contributed by atoms with Crippen molar-refractivity contribution >= 4 is 34.1 Å². The molecule has 15 heavy (non-hydrogen) atoms. The number of thioether (sulfide) groups is 1. The zero-order valence-corrected chi connectivity index (χ0v) is 10.6. The van der Waals surface area contributed by atoms with E-state index in [1.807, 2.05) is 6.92 Å². The minimum absolute atomic E-state index is 0.00575. The summed E-state index contributed by atoms with van der Waals surface area (Å²) in [6.45, 7) is 3.76. The first-order chi connectivity index (χ1) is 6.93. The number of hydrogen-bond donors (Lipinski definition) is 1. The maximum atomic E-state index is 10.4. The lowest BCUT2D eigenvalue weighted by atomic mass is 10.1. The summed E-state index contributed by atoms with van der Waals surface area (Å²) < 4.78 is 0.0805. The molecule has 1 N–H and O–H groups in total. The Morgan fingerprint density at radius 3 is 2.60 bits per heavy atom. The third-order valence-electron chi connectivity index (χ3n) is 1.85. The topological polar surface area (TPSA) is 61.1 Å². The Morgan fingerprint density at radius 2 is 2.20 bits per heavy atom. The second-order valence-corrected chi connectivity index (χ2v) is 5.81. The van der Waals surface area contributed by atoms with Gasteiger partial charge in [0, 0.05) is 10.6 Å². The van der Waals surface area contributed by atoms with E-state index in [9.17, 15) is 4.79 Å². The monoisotopic (exact) mass is 245 g/mol. The Balaban J connectivity index is 4.25. The summed E-state index contributed by atoms with van der Waals surface area (Å²) in [4.78, 5) is 10.4. The summed E-state index contributed by atoms with van der Waals surface area (Å²) in [5.74, 6) is -0.876. The van der Waals surface area contributed by atoms with E-state index in [-0.39, 0.29) is 6.42 Å². The van der Waals surface area contributed by atoms with Crippen molar-refractivity contribution in [3.05, 3.63) is 0 Å². The molecule has 0 aromatic rings. The molecule has 0 saturated carbocycles. The maximum absolute atomic E-state index is 10.4. The molecule has 0 radical (unpaired) electrons. The van der Waals surface area contributed by atoms with Crippen LogP contribution >= 0.6 is 24.0 Å². The van der Waals surface area contributed by atoms with Crippen LogP contribution < -0.4 is 0 Å². The number of rotatable bonds is 6. The van der Waals surface area contributed by atoms with Crippen molar-refractivity contribution in [2.24, 2.45) is 0 Å². The van der Waals surface area contributed by atoms with Crippen LogP contribution in [0.2, 0.25) is 0 Å². The number of nitriles is 1. The molecule has 0 heterocycles. The van der Waals surface area contributed by atoms with E-state index in [1.54, 1.807) is 6.92 Å². The van der Waals surface area contributed by atoms with Crippen LogP contribution in [-0.4, -0.2) is 20.0 Å². The molecule has 0 aliphatic rings. The third kappa shape index (κ3) is 6.47. The van der Waals surface area contributed by atoms with E-state index in [0.29, 0.717) is 6.42 Å². The molecule has 0 rings (SSSR count). The molecule has 0 bridgehead atoms. The van der Waals surface area contributed by atoms with Crippen molar-refractivity contribution in [3.8, 4) is 6.07 Å². The second-order valence-electron chi connectivity index (χ2n) is 3.46. The van der Waals surface area contributed by atoms with Gasteiger partial charge in [-0.3, -0.25) is 4.79 Å².